The van der Waals surface area contributed by atoms with Crippen LogP contribution < -0.4 is 11.1 Å². The minimum absolute atomic E-state index is 0.0218. The minimum atomic E-state index is -1.52. The van der Waals surface area contributed by atoms with Gasteiger partial charge in [-0.15, -0.1) is 0 Å². The molecule has 1 unspecified atom stereocenters. The van der Waals surface area contributed by atoms with E-state index in [1.165, 1.54) is 4.90 Å². The number of carbonyl (C=O) groups excluding carboxylic acids is 3. The van der Waals surface area contributed by atoms with Gasteiger partial charge in [-0.3, -0.25) is 4.79 Å². The van der Waals surface area contributed by atoms with Crippen LogP contribution in [0.15, 0.2) is 60.7 Å². The second-order valence-corrected chi connectivity index (χ2v) is 8.00. The maximum Gasteiger partial charge on any atom is 0.337 e. The van der Waals surface area contributed by atoms with Crippen LogP contribution in [0.3, 0.4) is 0 Å². The average molecular weight is 442 g/mol. The molecule has 32 heavy (non-hydrogen) atoms. The third-order valence-corrected chi connectivity index (χ3v) is 4.69. The van der Waals surface area contributed by atoms with Crippen molar-refractivity contribution in [1.29, 1.82) is 0 Å². The molecule has 0 spiro atoms. The number of rotatable bonds is 11. The van der Waals surface area contributed by atoms with Gasteiger partial charge in [0.15, 0.2) is 6.10 Å². The number of nitrogens with one attached hydrogen (secondary N) is 1. The number of ether oxygens (including phenoxy) is 1. The predicted molar refractivity (Wildman–Crippen MR) is 120 cm³/mol. The van der Waals surface area contributed by atoms with Crippen molar-refractivity contribution in [2.75, 3.05) is 13.1 Å². The Kier molecular flexibility index (Phi) is 9.69. The summed E-state index contributed by atoms with van der Waals surface area (Å²) in [6.07, 6.45) is -1.29. The van der Waals surface area contributed by atoms with Crippen LogP contribution in [0.25, 0.3) is 0 Å². The number of amides is 3. The van der Waals surface area contributed by atoms with E-state index in [1.54, 1.807) is 12.1 Å². The lowest BCUT2D eigenvalue weighted by Gasteiger charge is -2.28. The number of aliphatic hydroxyl groups is 1. The van der Waals surface area contributed by atoms with Gasteiger partial charge < -0.3 is 25.8 Å². The smallest absolute Gasteiger partial charge is 0.337 e. The summed E-state index contributed by atoms with van der Waals surface area (Å²) in [5.41, 5.74) is 7.11. The molecule has 0 saturated heterocycles. The van der Waals surface area contributed by atoms with Gasteiger partial charge in [0.1, 0.15) is 12.6 Å². The molecule has 8 heteroatoms. The molecule has 0 radical (unpaired) electrons. The molecular weight excluding hydrogens is 410 g/mol. The molecule has 2 aromatic carbocycles. The van der Waals surface area contributed by atoms with Gasteiger partial charge in [-0.2, -0.15) is 0 Å². The molecule has 4 N–H and O–H groups in total. The fourth-order valence-corrected chi connectivity index (χ4v) is 3.10. The molecule has 3 amide bonds. The van der Waals surface area contributed by atoms with E-state index in [0.717, 1.165) is 11.1 Å². The molecule has 0 fully saturated rings. The summed E-state index contributed by atoms with van der Waals surface area (Å²) >= 11 is 0. The lowest BCUT2D eigenvalue weighted by Crippen LogP contribution is -2.53. The zero-order valence-electron chi connectivity index (χ0n) is 18.4. The van der Waals surface area contributed by atoms with Crippen LogP contribution >= 0.6 is 0 Å². The molecule has 0 aromatic heterocycles. The van der Waals surface area contributed by atoms with Crippen LogP contribution in [0.5, 0.6) is 0 Å². The van der Waals surface area contributed by atoms with Gasteiger partial charge in [-0.1, -0.05) is 74.5 Å². The average Bonchev–Trinajstić information content (AvgIpc) is 2.77. The number of nitrogens with zero attached hydrogens (tertiary/aromatic N) is 1. The number of esters is 1. The number of benzene rings is 2. The molecule has 0 saturated carbocycles. The monoisotopic (exact) mass is 441 g/mol. The Balaban J connectivity index is 1.99. The largest absolute Gasteiger partial charge is 0.459 e. The van der Waals surface area contributed by atoms with Gasteiger partial charge in [0.25, 0.3) is 0 Å². The van der Waals surface area contributed by atoms with Crippen LogP contribution in [0.1, 0.15) is 25.0 Å². The van der Waals surface area contributed by atoms with Crippen molar-refractivity contribution in [3.05, 3.63) is 71.8 Å². The summed E-state index contributed by atoms with van der Waals surface area (Å²) in [5, 5.41) is 12.9. The van der Waals surface area contributed by atoms with E-state index in [-0.39, 0.29) is 32.0 Å². The van der Waals surface area contributed by atoms with Gasteiger partial charge in [0.05, 0.1) is 6.54 Å². The van der Waals surface area contributed by atoms with E-state index in [9.17, 15) is 19.5 Å². The van der Waals surface area contributed by atoms with Crippen molar-refractivity contribution in [3.63, 3.8) is 0 Å². The Hall–Kier alpha value is -3.39. The van der Waals surface area contributed by atoms with Crippen molar-refractivity contribution in [2.24, 2.45) is 11.7 Å². The van der Waals surface area contributed by atoms with Crippen molar-refractivity contribution >= 4 is 17.9 Å². The number of aliphatic hydroxyl groups excluding tert-OH is 1. The number of primary amides is 1. The first-order valence-electron chi connectivity index (χ1n) is 10.5. The Morgan fingerprint density at radius 3 is 2.06 bits per heavy atom. The van der Waals surface area contributed by atoms with Gasteiger partial charge in [-0.25, -0.2) is 9.59 Å². The van der Waals surface area contributed by atoms with Gasteiger partial charge in [0, 0.05) is 13.0 Å². The topological polar surface area (TPSA) is 122 Å². The second-order valence-electron chi connectivity index (χ2n) is 8.00. The first kappa shape index (κ1) is 24.9. The second kappa shape index (κ2) is 12.5. The summed E-state index contributed by atoms with van der Waals surface area (Å²) in [7, 11) is 0. The first-order valence-corrected chi connectivity index (χ1v) is 10.5. The number of urea groups is 1. The lowest BCUT2D eigenvalue weighted by atomic mass is 10.1. The van der Waals surface area contributed by atoms with Crippen LogP contribution in [0, 0.1) is 5.92 Å². The molecule has 2 aromatic rings. The van der Waals surface area contributed by atoms with Gasteiger partial charge >= 0.3 is 12.0 Å². The first-order chi connectivity index (χ1) is 15.3. The number of carbonyl (C=O) groups is 3. The number of hydrogen-bond donors (Lipinski definition) is 3. The van der Waals surface area contributed by atoms with E-state index < -0.39 is 30.1 Å². The van der Waals surface area contributed by atoms with Crippen LogP contribution in [-0.4, -0.2) is 53.1 Å². The highest BCUT2D eigenvalue weighted by atomic mass is 16.5. The van der Waals surface area contributed by atoms with Crippen molar-refractivity contribution in [1.82, 2.24) is 10.2 Å². The highest BCUT2D eigenvalue weighted by Crippen LogP contribution is 2.08. The van der Waals surface area contributed by atoms with Crippen molar-refractivity contribution in [3.8, 4) is 0 Å². The highest BCUT2D eigenvalue weighted by molar-refractivity contribution is 5.86. The SMILES string of the molecule is CC(C)CN(CC(O)C(=O)OCc1ccccc1)C(=O)N[C@@H](Cc1ccccc1)C(N)=O. The van der Waals surface area contributed by atoms with E-state index >= 15 is 0 Å². The number of hydrogen-bond acceptors (Lipinski definition) is 5. The third kappa shape index (κ3) is 8.39. The Morgan fingerprint density at radius 2 is 1.53 bits per heavy atom. The summed E-state index contributed by atoms with van der Waals surface area (Å²) in [6, 6.07) is 16.7. The van der Waals surface area contributed by atoms with Gasteiger partial charge in [-0.05, 0) is 17.0 Å². The van der Waals surface area contributed by atoms with Gasteiger partial charge in [0.2, 0.25) is 5.91 Å². The molecule has 0 aliphatic heterocycles. The molecule has 0 aliphatic rings. The zero-order valence-corrected chi connectivity index (χ0v) is 18.4. The molecule has 0 bridgehead atoms. The summed E-state index contributed by atoms with van der Waals surface area (Å²) in [5.74, 6) is -1.44. The zero-order chi connectivity index (χ0) is 23.5. The molecule has 2 atom stereocenters. The number of nitrogens with two attached hydrogens (primary N) is 1. The maximum atomic E-state index is 12.9. The molecule has 0 aliphatic carbocycles. The van der Waals surface area contributed by atoms with Crippen molar-refractivity contribution < 1.29 is 24.2 Å². The normalized spacial score (nSPS) is 12.6. The molecule has 172 valence electrons. The highest BCUT2D eigenvalue weighted by Gasteiger charge is 2.27. The molecule has 0 heterocycles. The van der Waals surface area contributed by atoms with E-state index in [0.29, 0.717) is 0 Å². The minimum Gasteiger partial charge on any atom is -0.459 e. The van der Waals surface area contributed by atoms with E-state index in [2.05, 4.69) is 5.32 Å². The standard InChI is InChI=1S/C24H31N3O5/c1-17(2)14-27(15-21(28)23(30)32-16-19-11-7-4-8-12-19)24(31)26-20(22(25)29)13-18-9-5-3-6-10-18/h3-12,17,20-21,28H,13-16H2,1-2H3,(H2,25,29)(H,26,31)/t20-,21?/m0/s1. The van der Waals surface area contributed by atoms with Crippen LogP contribution in [-0.2, 0) is 27.4 Å². The molecule has 8 nitrogen and oxygen atoms in total. The quantitative estimate of drug-likeness (QED) is 0.460. The maximum absolute atomic E-state index is 12.9. The van der Waals surface area contributed by atoms with Crippen molar-refractivity contribution in [2.45, 2.75) is 39.0 Å². The van der Waals surface area contributed by atoms with Crippen LogP contribution in [0.2, 0.25) is 0 Å². The Bertz CT molecular complexity index is 874. The molecular formula is C24H31N3O5. The summed E-state index contributed by atoms with van der Waals surface area (Å²) < 4.78 is 5.15. The summed E-state index contributed by atoms with van der Waals surface area (Å²) in [4.78, 5) is 38.3. The fourth-order valence-electron chi connectivity index (χ4n) is 3.10. The Morgan fingerprint density at radius 1 is 0.969 bits per heavy atom. The van der Waals surface area contributed by atoms with Crippen LogP contribution in [0.4, 0.5) is 4.79 Å². The molecule has 2 rings (SSSR count). The van der Waals surface area contributed by atoms with E-state index in [1.807, 2.05) is 62.4 Å². The Labute approximate surface area is 188 Å². The lowest BCUT2D eigenvalue weighted by molar-refractivity contribution is -0.155. The fraction of sp³-hybridized carbons (Fsp3) is 0.375. The predicted octanol–water partition coefficient (Wildman–Crippen LogP) is 1.85. The summed E-state index contributed by atoms with van der Waals surface area (Å²) in [6.45, 7) is 3.82. The van der Waals surface area contributed by atoms with E-state index in [4.69, 9.17) is 10.5 Å². The third-order valence-electron chi connectivity index (χ3n) is 4.69.